The summed E-state index contributed by atoms with van der Waals surface area (Å²) in [6, 6.07) is -0.354. The molecule has 3 atom stereocenters. The molecule has 1 saturated heterocycles. The fourth-order valence-electron chi connectivity index (χ4n) is 3.53. The summed E-state index contributed by atoms with van der Waals surface area (Å²) < 4.78 is 0. The highest BCUT2D eigenvalue weighted by atomic mass is 16.2. The number of rotatable bonds is 3. The lowest BCUT2D eigenvalue weighted by Crippen LogP contribution is -2.47. The van der Waals surface area contributed by atoms with Crippen molar-refractivity contribution in [3.63, 3.8) is 0 Å². The van der Waals surface area contributed by atoms with E-state index in [0.29, 0.717) is 0 Å². The highest BCUT2D eigenvalue weighted by Crippen LogP contribution is 2.54. The summed E-state index contributed by atoms with van der Waals surface area (Å²) in [7, 11) is 0. The van der Waals surface area contributed by atoms with Gasteiger partial charge in [0.2, 0.25) is 11.8 Å². The molecular formula is C14H22N2O2. The molecule has 3 fully saturated rings. The normalized spacial score (nSPS) is 35.2. The van der Waals surface area contributed by atoms with Gasteiger partial charge in [0, 0.05) is 19.0 Å². The first-order valence-corrected chi connectivity index (χ1v) is 7.24. The van der Waals surface area contributed by atoms with Gasteiger partial charge in [-0.15, -0.1) is 0 Å². The average molecular weight is 250 g/mol. The number of nitrogens with one attached hydrogen (secondary N) is 1. The monoisotopic (exact) mass is 250 g/mol. The lowest BCUT2D eigenvalue weighted by Gasteiger charge is -2.22. The van der Waals surface area contributed by atoms with Crippen LogP contribution in [0.5, 0.6) is 0 Å². The molecule has 0 spiro atoms. The molecule has 1 heterocycles. The first-order chi connectivity index (χ1) is 8.65. The number of amides is 2. The van der Waals surface area contributed by atoms with Crippen molar-refractivity contribution in [1.82, 2.24) is 10.2 Å². The van der Waals surface area contributed by atoms with E-state index in [1.165, 1.54) is 6.42 Å². The molecule has 2 aliphatic carbocycles. The molecule has 0 bridgehead atoms. The Bertz CT molecular complexity index is 353. The van der Waals surface area contributed by atoms with Crippen LogP contribution in [0.1, 0.15) is 39.0 Å². The van der Waals surface area contributed by atoms with Crippen LogP contribution in [0.3, 0.4) is 0 Å². The predicted molar refractivity (Wildman–Crippen MR) is 67.7 cm³/mol. The molecule has 3 unspecified atom stereocenters. The maximum absolute atomic E-state index is 12.1. The van der Waals surface area contributed by atoms with Gasteiger partial charge in [-0.1, -0.05) is 0 Å². The number of hydrogen-bond acceptors (Lipinski definition) is 2. The summed E-state index contributed by atoms with van der Waals surface area (Å²) in [4.78, 5) is 26.0. The first kappa shape index (κ1) is 12.0. The van der Waals surface area contributed by atoms with Crippen molar-refractivity contribution < 1.29 is 9.59 Å². The van der Waals surface area contributed by atoms with E-state index < -0.39 is 0 Å². The molecular weight excluding hydrogens is 228 g/mol. The molecule has 0 radical (unpaired) electrons. The fraction of sp³-hybridized carbons (Fsp3) is 0.857. The zero-order valence-electron chi connectivity index (χ0n) is 11.0. The Morgan fingerprint density at radius 3 is 2.33 bits per heavy atom. The second-order valence-electron chi connectivity index (χ2n) is 6.19. The van der Waals surface area contributed by atoms with Crippen molar-refractivity contribution >= 4 is 11.8 Å². The Morgan fingerprint density at radius 1 is 1.11 bits per heavy atom. The number of carbonyl (C=O) groups excluding carboxylic acids is 2. The van der Waals surface area contributed by atoms with Crippen LogP contribution in [0, 0.1) is 17.8 Å². The van der Waals surface area contributed by atoms with Crippen molar-refractivity contribution in [3.8, 4) is 0 Å². The largest absolute Gasteiger partial charge is 0.344 e. The minimum absolute atomic E-state index is 0.0870. The maximum atomic E-state index is 12.1. The summed E-state index contributed by atoms with van der Waals surface area (Å²) in [6.45, 7) is 3.52. The van der Waals surface area contributed by atoms with Crippen molar-refractivity contribution in [3.05, 3.63) is 0 Å². The van der Waals surface area contributed by atoms with Crippen LogP contribution in [-0.4, -0.2) is 35.8 Å². The quantitative estimate of drug-likeness (QED) is 0.817. The van der Waals surface area contributed by atoms with E-state index in [0.717, 1.165) is 50.6 Å². The van der Waals surface area contributed by atoms with Gasteiger partial charge in [-0.05, 0) is 50.9 Å². The van der Waals surface area contributed by atoms with Gasteiger partial charge < -0.3 is 10.2 Å². The standard InChI is InChI=1S/C14H22N2O2/c1-9(14(18)16-4-2-3-5-16)15-13(17)12-7-10-6-11(10)8-12/h9-12H,2-8H2,1H3,(H,15,17). The SMILES string of the molecule is CC(NC(=O)C1CC2CC2C1)C(=O)N1CCCC1. The average Bonchev–Trinajstić information content (AvgIpc) is 2.84. The summed E-state index contributed by atoms with van der Waals surface area (Å²) in [5, 5.41) is 2.91. The maximum Gasteiger partial charge on any atom is 0.244 e. The second-order valence-corrected chi connectivity index (χ2v) is 6.19. The second kappa shape index (κ2) is 4.56. The van der Waals surface area contributed by atoms with Crippen molar-refractivity contribution in [2.75, 3.05) is 13.1 Å². The van der Waals surface area contributed by atoms with Crippen LogP contribution >= 0.6 is 0 Å². The molecule has 100 valence electrons. The Kier molecular flexibility index (Phi) is 3.04. The van der Waals surface area contributed by atoms with Gasteiger partial charge in [0.25, 0.3) is 0 Å². The van der Waals surface area contributed by atoms with Gasteiger partial charge >= 0.3 is 0 Å². The van der Waals surface area contributed by atoms with Gasteiger partial charge in [-0.2, -0.15) is 0 Å². The van der Waals surface area contributed by atoms with Crippen LogP contribution in [0.4, 0.5) is 0 Å². The van der Waals surface area contributed by atoms with Crippen molar-refractivity contribution in [2.24, 2.45) is 17.8 Å². The molecule has 0 aromatic heterocycles. The molecule has 0 aromatic carbocycles. The predicted octanol–water partition coefficient (Wildman–Crippen LogP) is 1.16. The number of carbonyl (C=O) groups is 2. The lowest BCUT2D eigenvalue weighted by atomic mass is 10.0. The number of fused-ring (bicyclic) bond motifs is 1. The van der Waals surface area contributed by atoms with E-state index in [2.05, 4.69) is 5.32 Å². The minimum Gasteiger partial charge on any atom is -0.344 e. The Balaban J connectivity index is 1.48. The highest BCUT2D eigenvalue weighted by molar-refractivity contribution is 5.88. The number of likely N-dealkylation sites (tertiary alicyclic amines) is 1. The number of nitrogens with zero attached hydrogens (tertiary/aromatic N) is 1. The molecule has 18 heavy (non-hydrogen) atoms. The van der Waals surface area contributed by atoms with Gasteiger partial charge in [-0.3, -0.25) is 9.59 Å². The molecule has 1 N–H and O–H groups in total. The molecule has 2 amide bonds. The van der Waals surface area contributed by atoms with E-state index in [4.69, 9.17) is 0 Å². The third kappa shape index (κ3) is 2.25. The zero-order valence-corrected chi connectivity index (χ0v) is 11.0. The van der Waals surface area contributed by atoms with Crippen LogP contribution in [0.2, 0.25) is 0 Å². The molecule has 4 heteroatoms. The molecule has 2 saturated carbocycles. The molecule has 1 aliphatic heterocycles. The summed E-state index contributed by atoms with van der Waals surface area (Å²) in [5.41, 5.74) is 0. The van der Waals surface area contributed by atoms with Crippen molar-refractivity contribution in [2.45, 2.75) is 45.1 Å². The van der Waals surface area contributed by atoms with Gasteiger partial charge in [0.05, 0.1) is 0 Å². The molecule has 3 rings (SSSR count). The molecule has 3 aliphatic rings. The summed E-state index contributed by atoms with van der Waals surface area (Å²) >= 11 is 0. The summed E-state index contributed by atoms with van der Waals surface area (Å²) in [5.74, 6) is 1.98. The summed E-state index contributed by atoms with van der Waals surface area (Å²) in [6.07, 6.45) is 5.60. The molecule has 4 nitrogen and oxygen atoms in total. The smallest absolute Gasteiger partial charge is 0.244 e. The zero-order chi connectivity index (χ0) is 12.7. The lowest BCUT2D eigenvalue weighted by molar-refractivity contribution is -0.136. The molecule has 0 aromatic rings. The van der Waals surface area contributed by atoms with Gasteiger partial charge in [0.15, 0.2) is 0 Å². The van der Waals surface area contributed by atoms with E-state index in [1.807, 2.05) is 11.8 Å². The van der Waals surface area contributed by atoms with E-state index in [-0.39, 0.29) is 23.8 Å². The number of hydrogen-bond donors (Lipinski definition) is 1. The Hall–Kier alpha value is -1.06. The van der Waals surface area contributed by atoms with Crippen molar-refractivity contribution in [1.29, 1.82) is 0 Å². The van der Waals surface area contributed by atoms with Gasteiger partial charge in [-0.25, -0.2) is 0 Å². The van der Waals surface area contributed by atoms with E-state index >= 15 is 0 Å². The van der Waals surface area contributed by atoms with Crippen LogP contribution in [-0.2, 0) is 9.59 Å². The highest BCUT2D eigenvalue weighted by Gasteiger charge is 2.48. The van der Waals surface area contributed by atoms with Crippen LogP contribution < -0.4 is 5.32 Å². The third-order valence-corrected chi connectivity index (χ3v) is 4.76. The van der Waals surface area contributed by atoms with E-state index in [1.54, 1.807) is 0 Å². The Labute approximate surface area is 108 Å². The van der Waals surface area contributed by atoms with Crippen LogP contribution in [0.25, 0.3) is 0 Å². The minimum atomic E-state index is -0.354. The first-order valence-electron chi connectivity index (χ1n) is 7.24. The fourth-order valence-corrected chi connectivity index (χ4v) is 3.53. The Morgan fingerprint density at radius 2 is 1.72 bits per heavy atom. The van der Waals surface area contributed by atoms with E-state index in [9.17, 15) is 9.59 Å². The van der Waals surface area contributed by atoms with Gasteiger partial charge in [0.1, 0.15) is 6.04 Å². The topological polar surface area (TPSA) is 49.4 Å². The third-order valence-electron chi connectivity index (χ3n) is 4.76. The van der Waals surface area contributed by atoms with Crippen LogP contribution in [0.15, 0.2) is 0 Å².